The third-order valence-electron chi connectivity index (χ3n) is 5.73. The number of hydrogen-bond acceptors (Lipinski definition) is 0. The van der Waals surface area contributed by atoms with Crippen LogP contribution in [0.4, 0.5) is 0 Å². The first kappa shape index (κ1) is 28.2. The Hall–Kier alpha value is -0.790. The van der Waals surface area contributed by atoms with Gasteiger partial charge in [0.15, 0.2) is 0 Å². The first-order valence-electron chi connectivity index (χ1n) is 12.1. The van der Waals surface area contributed by atoms with Gasteiger partial charge in [-0.25, -0.2) is 0 Å². The van der Waals surface area contributed by atoms with Gasteiger partial charge in [-0.3, -0.25) is 0 Å². The molecule has 0 bridgehead atoms. The Kier molecular flexibility index (Phi) is 18.7. The van der Waals surface area contributed by atoms with E-state index in [2.05, 4.69) is 63.5 Å². The fourth-order valence-corrected chi connectivity index (χ4v) is 3.94. The van der Waals surface area contributed by atoms with Crippen molar-refractivity contribution in [3.05, 3.63) is 48.0 Å². The highest BCUT2D eigenvalue weighted by atomic mass is 35.5. The Bertz CT molecular complexity index is 481. The first-order chi connectivity index (χ1) is 13.6. The minimum atomic E-state index is 0. The zero-order valence-electron chi connectivity index (χ0n) is 19.7. The fraction of sp³-hybridized carbons (Fsp3) is 0.704. The molecule has 0 radical (unpaired) electrons. The van der Waals surface area contributed by atoms with E-state index in [1.54, 1.807) is 0 Å². The third kappa shape index (κ3) is 17.8. The Balaban J connectivity index is 0.00000784. The van der Waals surface area contributed by atoms with Crippen molar-refractivity contribution in [3.63, 3.8) is 0 Å². The largest absolute Gasteiger partial charge is 1.00 e. The highest BCUT2D eigenvalue weighted by Crippen LogP contribution is 2.13. The number of halogens is 1. The van der Waals surface area contributed by atoms with Crippen LogP contribution in [0.1, 0.15) is 102 Å². The van der Waals surface area contributed by atoms with Gasteiger partial charge in [0.05, 0.1) is 20.6 Å². The minimum Gasteiger partial charge on any atom is -1.00 e. The number of rotatable bonds is 18. The van der Waals surface area contributed by atoms with Crippen molar-refractivity contribution in [2.45, 2.75) is 103 Å². The summed E-state index contributed by atoms with van der Waals surface area (Å²) in [6.07, 6.45) is 24.2. The van der Waals surface area contributed by atoms with Crippen molar-refractivity contribution in [2.24, 2.45) is 0 Å². The van der Waals surface area contributed by atoms with E-state index in [9.17, 15) is 0 Å². The molecule has 0 aliphatic heterocycles. The molecule has 168 valence electrons. The van der Waals surface area contributed by atoms with Gasteiger partial charge >= 0.3 is 0 Å². The molecule has 1 rings (SSSR count). The monoisotopic (exact) mass is 421 g/mol. The molecule has 29 heavy (non-hydrogen) atoms. The number of quaternary nitrogens is 1. The van der Waals surface area contributed by atoms with Gasteiger partial charge in [-0.15, -0.1) is 0 Å². The molecule has 0 aliphatic rings. The molecule has 0 heterocycles. The molecule has 0 unspecified atom stereocenters. The zero-order valence-corrected chi connectivity index (χ0v) is 20.4. The summed E-state index contributed by atoms with van der Waals surface area (Å²) in [4.78, 5) is 0. The normalized spacial score (nSPS) is 11.7. The van der Waals surface area contributed by atoms with Gasteiger partial charge < -0.3 is 16.9 Å². The highest BCUT2D eigenvalue weighted by Gasteiger charge is 2.14. The third-order valence-corrected chi connectivity index (χ3v) is 5.73. The van der Waals surface area contributed by atoms with E-state index in [1.165, 1.54) is 102 Å². The number of unbranched alkanes of at least 4 members (excludes halogenated alkanes) is 12. The SMILES string of the molecule is CCCCCCCC/C=C\CCCCCCCC[N+](C)(C)Cc1ccccc1.[Cl-]. The molecule has 0 spiro atoms. The lowest BCUT2D eigenvalue weighted by molar-refractivity contribution is -0.903. The van der Waals surface area contributed by atoms with Gasteiger partial charge in [0.1, 0.15) is 6.54 Å². The Morgan fingerprint density at radius 3 is 1.69 bits per heavy atom. The molecule has 0 atom stereocenters. The van der Waals surface area contributed by atoms with Crippen LogP contribution in [-0.4, -0.2) is 25.1 Å². The molecular weight excluding hydrogens is 374 g/mol. The second-order valence-corrected chi connectivity index (χ2v) is 9.24. The van der Waals surface area contributed by atoms with Crippen LogP contribution in [0, 0.1) is 0 Å². The van der Waals surface area contributed by atoms with Gasteiger partial charge in [0.25, 0.3) is 0 Å². The molecule has 1 aromatic rings. The van der Waals surface area contributed by atoms with Crippen LogP contribution in [-0.2, 0) is 6.54 Å². The molecule has 1 aromatic carbocycles. The lowest BCUT2D eigenvalue weighted by atomic mass is 10.1. The van der Waals surface area contributed by atoms with Crippen LogP contribution in [0.2, 0.25) is 0 Å². The summed E-state index contributed by atoms with van der Waals surface area (Å²) in [6.45, 7) is 4.72. The van der Waals surface area contributed by atoms with E-state index in [1.807, 2.05) is 0 Å². The molecule has 0 N–H and O–H groups in total. The molecule has 2 heteroatoms. The van der Waals surface area contributed by atoms with Gasteiger partial charge in [-0.1, -0.05) is 101 Å². The summed E-state index contributed by atoms with van der Waals surface area (Å²) < 4.78 is 1.10. The van der Waals surface area contributed by atoms with Crippen molar-refractivity contribution in [1.29, 1.82) is 0 Å². The predicted molar refractivity (Wildman–Crippen MR) is 127 cm³/mol. The highest BCUT2D eigenvalue weighted by molar-refractivity contribution is 5.13. The average Bonchev–Trinajstić information content (AvgIpc) is 2.68. The smallest absolute Gasteiger partial charge is 0.104 e. The first-order valence-corrected chi connectivity index (χ1v) is 12.1. The number of hydrogen-bond donors (Lipinski definition) is 0. The van der Waals surface area contributed by atoms with Gasteiger partial charge in [-0.05, 0) is 38.5 Å². The summed E-state index contributed by atoms with van der Waals surface area (Å²) >= 11 is 0. The molecule has 0 fully saturated rings. The van der Waals surface area contributed by atoms with E-state index < -0.39 is 0 Å². The number of allylic oxidation sites excluding steroid dienone is 2. The fourth-order valence-electron chi connectivity index (χ4n) is 3.94. The molecule has 0 saturated heterocycles. The maximum absolute atomic E-state index is 2.43. The lowest BCUT2D eigenvalue weighted by Crippen LogP contribution is -3.00. The predicted octanol–water partition coefficient (Wildman–Crippen LogP) is 5.30. The number of nitrogens with zero attached hydrogens (tertiary/aromatic N) is 1. The second-order valence-electron chi connectivity index (χ2n) is 9.24. The maximum atomic E-state index is 2.43. The van der Waals surface area contributed by atoms with E-state index in [-0.39, 0.29) is 12.4 Å². The quantitative estimate of drug-likeness (QED) is 0.171. The molecule has 0 aromatic heterocycles. The van der Waals surface area contributed by atoms with Gasteiger partial charge in [0.2, 0.25) is 0 Å². The maximum Gasteiger partial charge on any atom is 0.104 e. The van der Waals surface area contributed by atoms with Crippen molar-refractivity contribution in [2.75, 3.05) is 20.6 Å². The lowest BCUT2D eigenvalue weighted by Gasteiger charge is -2.30. The van der Waals surface area contributed by atoms with Crippen LogP contribution < -0.4 is 12.4 Å². The summed E-state index contributed by atoms with van der Waals surface area (Å²) in [6, 6.07) is 10.9. The molecule has 0 aliphatic carbocycles. The summed E-state index contributed by atoms with van der Waals surface area (Å²) in [5.74, 6) is 0. The van der Waals surface area contributed by atoms with Crippen LogP contribution in [0.25, 0.3) is 0 Å². The van der Waals surface area contributed by atoms with E-state index in [4.69, 9.17) is 0 Å². The topological polar surface area (TPSA) is 0 Å². The standard InChI is InChI=1S/C27H48N.ClH/c1-4-5-6-7-8-9-10-11-12-13-14-15-16-17-18-22-25-28(2,3)26-27-23-20-19-21-24-27;/h11-12,19-21,23-24H,4-10,13-18,22,25-26H2,1-3H3;1H/q+1;/p-1/b12-11-;. The average molecular weight is 422 g/mol. The molecular formula is C27H48ClN. The molecule has 1 nitrogen and oxygen atoms in total. The van der Waals surface area contributed by atoms with Gasteiger partial charge in [-0.2, -0.15) is 0 Å². The Morgan fingerprint density at radius 2 is 1.14 bits per heavy atom. The Morgan fingerprint density at radius 1 is 0.655 bits per heavy atom. The zero-order chi connectivity index (χ0) is 20.3. The van der Waals surface area contributed by atoms with E-state index in [0.717, 1.165) is 11.0 Å². The van der Waals surface area contributed by atoms with Crippen molar-refractivity contribution in [1.82, 2.24) is 0 Å². The van der Waals surface area contributed by atoms with Crippen molar-refractivity contribution < 1.29 is 16.9 Å². The van der Waals surface area contributed by atoms with Crippen LogP contribution in [0.15, 0.2) is 42.5 Å². The second kappa shape index (κ2) is 19.2. The van der Waals surface area contributed by atoms with E-state index in [0.29, 0.717) is 0 Å². The van der Waals surface area contributed by atoms with Gasteiger partial charge in [0, 0.05) is 5.56 Å². The van der Waals surface area contributed by atoms with Crippen LogP contribution in [0.3, 0.4) is 0 Å². The Labute approximate surface area is 189 Å². The summed E-state index contributed by atoms with van der Waals surface area (Å²) in [5.41, 5.74) is 1.46. The van der Waals surface area contributed by atoms with E-state index >= 15 is 0 Å². The van der Waals surface area contributed by atoms with Crippen LogP contribution in [0.5, 0.6) is 0 Å². The van der Waals surface area contributed by atoms with Crippen molar-refractivity contribution in [3.8, 4) is 0 Å². The summed E-state index contributed by atoms with van der Waals surface area (Å²) in [5, 5.41) is 0. The molecule has 0 amide bonds. The summed E-state index contributed by atoms with van der Waals surface area (Å²) in [7, 11) is 4.73. The minimum absolute atomic E-state index is 0. The number of benzene rings is 1. The van der Waals surface area contributed by atoms with Crippen LogP contribution >= 0.6 is 0 Å². The molecule has 0 saturated carbocycles. The van der Waals surface area contributed by atoms with Crippen molar-refractivity contribution >= 4 is 0 Å².